The number of urea groups is 1. The predicted octanol–water partition coefficient (Wildman–Crippen LogP) is 2.68. The van der Waals surface area contributed by atoms with E-state index in [4.69, 9.17) is 0 Å². The van der Waals surface area contributed by atoms with Gasteiger partial charge in [0, 0.05) is 37.6 Å². The molecule has 0 saturated carbocycles. The van der Waals surface area contributed by atoms with Crippen LogP contribution < -0.4 is 5.32 Å². The molecule has 2 fully saturated rings. The van der Waals surface area contributed by atoms with Crippen LogP contribution in [-0.4, -0.2) is 58.9 Å². The van der Waals surface area contributed by atoms with Crippen LogP contribution in [0.5, 0.6) is 0 Å². The summed E-state index contributed by atoms with van der Waals surface area (Å²) in [5.41, 5.74) is 0.969. The second-order valence-corrected chi connectivity index (χ2v) is 7.80. The number of likely N-dealkylation sites (tertiary alicyclic amines) is 2. The molecule has 0 unspecified atom stereocenters. The van der Waals surface area contributed by atoms with Gasteiger partial charge in [-0.05, 0) is 31.6 Å². The molecule has 0 radical (unpaired) electrons. The fourth-order valence-electron chi connectivity index (χ4n) is 3.23. The number of thiazole rings is 1. The summed E-state index contributed by atoms with van der Waals surface area (Å²) >= 11 is 1.40. The summed E-state index contributed by atoms with van der Waals surface area (Å²) in [7, 11) is 0. The molecule has 24 heavy (non-hydrogen) atoms. The van der Waals surface area contributed by atoms with E-state index in [1.54, 1.807) is 0 Å². The molecule has 7 heteroatoms. The summed E-state index contributed by atoms with van der Waals surface area (Å²) in [6, 6.07) is 0.297. The second-order valence-electron chi connectivity index (χ2n) is 6.94. The molecule has 1 N–H and O–H groups in total. The molecule has 0 atom stereocenters. The zero-order valence-electron chi connectivity index (χ0n) is 14.5. The van der Waals surface area contributed by atoms with Crippen molar-refractivity contribution in [3.05, 3.63) is 16.1 Å². The smallest absolute Gasteiger partial charge is 0.319 e. The Bertz CT molecular complexity index is 587. The van der Waals surface area contributed by atoms with Crippen molar-refractivity contribution in [3.63, 3.8) is 0 Å². The van der Waals surface area contributed by atoms with Crippen molar-refractivity contribution in [3.8, 4) is 0 Å². The number of piperidine rings is 1. The first-order chi connectivity index (χ1) is 11.5. The van der Waals surface area contributed by atoms with Gasteiger partial charge < -0.3 is 15.1 Å². The van der Waals surface area contributed by atoms with E-state index in [-0.39, 0.29) is 18.0 Å². The van der Waals surface area contributed by atoms with E-state index in [0.29, 0.717) is 10.9 Å². The average molecular weight is 350 g/mol. The zero-order valence-corrected chi connectivity index (χ0v) is 15.3. The van der Waals surface area contributed by atoms with E-state index in [0.717, 1.165) is 57.6 Å². The molecule has 2 aliphatic rings. The van der Waals surface area contributed by atoms with Crippen LogP contribution in [0.3, 0.4) is 0 Å². The largest absolute Gasteiger partial charge is 0.347 e. The van der Waals surface area contributed by atoms with Crippen molar-refractivity contribution < 1.29 is 9.59 Å². The molecule has 3 heterocycles. The minimum Gasteiger partial charge on any atom is -0.347 e. The highest BCUT2D eigenvalue weighted by Crippen LogP contribution is 2.19. The first-order valence-electron chi connectivity index (χ1n) is 8.84. The number of amides is 3. The summed E-state index contributed by atoms with van der Waals surface area (Å²) in [6.45, 7) is 7.36. The fraction of sp³-hybridized carbons (Fsp3) is 0.706. The van der Waals surface area contributed by atoms with Gasteiger partial charge in [0.2, 0.25) is 0 Å². The highest BCUT2D eigenvalue weighted by Gasteiger charge is 2.28. The third-order valence-corrected chi connectivity index (χ3v) is 5.64. The minimum absolute atomic E-state index is 0.0868. The normalized spacial score (nSPS) is 19.1. The third-order valence-electron chi connectivity index (χ3n) is 4.79. The van der Waals surface area contributed by atoms with Crippen LogP contribution in [0.25, 0.3) is 0 Å². The minimum atomic E-state index is -0.0868. The van der Waals surface area contributed by atoms with Gasteiger partial charge >= 0.3 is 6.03 Å². The summed E-state index contributed by atoms with van der Waals surface area (Å²) in [6.07, 6.45) is 3.86. The van der Waals surface area contributed by atoms with Crippen LogP contribution in [0, 0.1) is 0 Å². The Balaban J connectivity index is 1.47. The van der Waals surface area contributed by atoms with Gasteiger partial charge in [0.15, 0.2) is 5.01 Å². The molecule has 3 rings (SSSR count). The maximum Gasteiger partial charge on any atom is 0.319 e. The zero-order chi connectivity index (χ0) is 17.1. The monoisotopic (exact) mass is 350 g/mol. The lowest BCUT2D eigenvalue weighted by atomic mass is 10.1. The van der Waals surface area contributed by atoms with E-state index in [1.165, 1.54) is 11.3 Å². The van der Waals surface area contributed by atoms with Crippen LogP contribution in [0.4, 0.5) is 4.79 Å². The lowest BCUT2D eigenvalue weighted by Gasteiger charge is -2.34. The van der Waals surface area contributed by atoms with E-state index in [9.17, 15) is 9.59 Å². The summed E-state index contributed by atoms with van der Waals surface area (Å²) in [4.78, 5) is 33.0. The van der Waals surface area contributed by atoms with Crippen molar-refractivity contribution in [1.29, 1.82) is 0 Å². The highest BCUT2D eigenvalue weighted by molar-refractivity contribution is 7.11. The van der Waals surface area contributed by atoms with E-state index >= 15 is 0 Å². The number of carbonyl (C=O) groups excluding carboxylic acids is 2. The molecule has 2 aliphatic heterocycles. The lowest BCUT2D eigenvalue weighted by Crippen LogP contribution is -2.50. The van der Waals surface area contributed by atoms with Crippen molar-refractivity contribution in [2.24, 2.45) is 0 Å². The maximum absolute atomic E-state index is 12.4. The van der Waals surface area contributed by atoms with Crippen molar-refractivity contribution in [1.82, 2.24) is 20.1 Å². The highest BCUT2D eigenvalue weighted by atomic mass is 32.1. The van der Waals surface area contributed by atoms with Gasteiger partial charge in [0.25, 0.3) is 5.91 Å². The van der Waals surface area contributed by atoms with Gasteiger partial charge in [0.1, 0.15) is 0 Å². The first kappa shape index (κ1) is 17.2. The van der Waals surface area contributed by atoms with Crippen molar-refractivity contribution >= 4 is 23.3 Å². The topological polar surface area (TPSA) is 65.5 Å². The molecule has 0 bridgehead atoms. The Morgan fingerprint density at radius 2 is 1.79 bits per heavy atom. The van der Waals surface area contributed by atoms with Crippen LogP contribution in [0.1, 0.15) is 60.9 Å². The van der Waals surface area contributed by atoms with Crippen LogP contribution >= 0.6 is 11.3 Å². The number of nitrogens with zero attached hydrogens (tertiary/aromatic N) is 3. The van der Waals surface area contributed by atoms with E-state index < -0.39 is 0 Å². The Labute approximate surface area is 147 Å². The standard InChI is InChI=1S/C17H26N4O2S/c1-12(2)14-11-24-16(19-14)15(22)18-13-5-9-21(10-6-13)17(23)20-7-3-4-8-20/h11-13H,3-10H2,1-2H3,(H,18,22). The molecular weight excluding hydrogens is 324 g/mol. The van der Waals surface area contributed by atoms with Gasteiger partial charge in [-0.2, -0.15) is 0 Å². The van der Waals surface area contributed by atoms with Crippen molar-refractivity contribution in [2.45, 2.75) is 51.5 Å². The fourth-order valence-corrected chi connectivity index (χ4v) is 4.11. The van der Waals surface area contributed by atoms with Gasteiger partial charge in [0.05, 0.1) is 5.69 Å². The average Bonchev–Trinajstić information content (AvgIpc) is 3.26. The molecular formula is C17H26N4O2S. The Kier molecular flexibility index (Phi) is 5.38. The van der Waals surface area contributed by atoms with Gasteiger partial charge in [-0.25, -0.2) is 9.78 Å². The molecule has 0 aliphatic carbocycles. The van der Waals surface area contributed by atoms with Crippen LogP contribution in [0.15, 0.2) is 5.38 Å². The maximum atomic E-state index is 12.4. The Morgan fingerprint density at radius 1 is 1.17 bits per heavy atom. The molecule has 3 amide bonds. The number of hydrogen-bond acceptors (Lipinski definition) is 4. The molecule has 2 saturated heterocycles. The number of hydrogen-bond donors (Lipinski definition) is 1. The summed E-state index contributed by atoms with van der Waals surface area (Å²) < 4.78 is 0. The number of aromatic nitrogens is 1. The summed E-state index contributed by atoms with van der Waals surface area (Å²) in [5.74, 6) is 0.249. The third kappa shape index (κ3) is 3.88. The van der Waals surface area contributed by atoms with Crippen molar-refractivity contribution in [2.75, 3.05) is 26.2 Å². The number of nitrogens with one attached hydrogen (secondary N) is 1. The quantitative estimate of drug-likeness (QED) is 0.911. The molecule has 0 aromatic carbocycles. The van der Waals surface area contributed by atoms with Gasteiger partial charge in [-0.1, -0.05) is 13.8 Å². The van der Waals surface area contributed by atoms with Gasteiger partial charge in [-0.3, -0.25) is 4.79 Å². The Hall–Kier alpha value is -1.63. The van der Waals surface area contributed by atoms with E-state index in [2.05, 4.69) is 24.1 Å². The molecule has 1 aromatic rings. The predicted molar refractivity (Wildman–Crippen MR) is 94.5 cm³/mol. The van der Waals surface area contributed by atoms with Gasteiger partial charge in [-0.15, -0.1) is 11.3 Å². The van der Waals surface area contributed by atoms with Crippen LogP contribution in [-0.2, 0) is 0 Å². The summed E-state index contributed by atoms with van der Waals surface area (Å²) in [5, 5.41) is 5.57. The molecule has 132 valence electrons. The molecule has 6 nitrogen and oxygen atoms in total. The van der Waals surface area contributed by atoms with Crippen LogP contribution in [0.2, 0.25) is 0 Å². The first-order valence-corrected chi connectivity index (χ1v) is 9.72. The number of rotatable bonds is 3. The number of carbonyl (C=O) groups is 2. The Morgan fingerprint density at radius 3 is 2.38 bits per heavy atom. The van der Waals surface area contributed by atoms with E-state index in [1.807, 2.05) is 15.2 Å². The molecule has 0 spiro atoms. The molecule has 1 aromatic heterocycles. The lowest BCUT2D eigenvalue weighted by molar-refractivity contribution is 0.0912. The SMILES string of the molecule is CC(C)c1csc(C(=O)NC2CCN(C(=O)N3CCCC3)CC2)n1. The second kappa shape index (κ2) is 7.51.